The van der Waals surface area contributed by atoms with E-state index in [4.69, 9.17) is 4.74 Å². The van der Waals surface area contributed by atoms with Gasteiger partial charge in [-0.1, -0.05) is 15.9 Å². The van der Waals surface area contributed by atoms with Gasteiger partial charge in [0.1, 0.15) is 5.75 Å². The van der Waals surface area contributed by atoms with Crippen LogP contribution in [0.2, 0.25) is 0 Å². The molecule has 0 aliphatic rings. The van der Waals surface area contributed by atoms with Gasteiger partial charge in [0.05, 0.1) is 18.3 Å². The van der Waals surface area contributed by atoms with E-state index in [2.05, 4.69) is 15.9 Å². The number of halogens is 1. The first-order valence-electron chi connectivity index (χ1n) is 4.87. The number of carbonyl (C=O) groups is 1. The summed E-state index contributed by atoms with van der Waals surface area (Å²) < 4.78 is 8.15. The molecule has 2 rings (SSSR count). The topological polar surface area (TPSA) is 31.2 Å². The quantitative estimate of drug-likeness (QED) is 0.793. The Kier molecular flexibility index (Phi) is 2.76. The van der Waals surface area contributed by atoms with Crippen molar-refractivity contribution in [1.29, 1.82) is 0 Å². The Bertz CT molecular complexity index is 572. The van der Waals surface area contributed by atoms with Crippen molar-refractivity contribution in [2.75, 3.05) is 7.11 Å². The number of aldehydes is 1. The summed E-state index contributed by atoms with van der Waals surface area (Å²) in [4.78, 5) is 11.0. The van der Waals surface area contributed by atoms with Crippen LogP contribution in [0.15, 0.2) is 16.6 Å². The van der Waals surface area contributed by atoms with Crippen molar-refractivity contribution in [1.82, 2.24) is 4.57 Å². The number of hydrogen-bond donors (Lipinski definition) is 0. The van der Waals surface area contributed by atoms with Gasteiger partial charge in [-0.2, -0.15) is 0 Å². The molecule has 0 bridgehead atoms. The summed E-state index contributed by atoms with van der Waals surface area (Å²) in [7, 11) is 3.50. The Morgan fingerprint density at radius 2 is 2.12 bits per heavy atom. The molecule has 16 heavy (non-hydrogen) atoms. The molecule has 0 saturated carbocycles. The van der Waals surface area contributed by atoms with E-state index in [0.29, 0.717) is 5.69 Å². The minimum absolute atomic E-state index is 0.686. The maximum Gasteiger partial charge on any atom is 0.166 e. The molecule has 3 nitrogen and oxygen atoms in total. The smallest absolute Gasteiger partial charge is 0.166 e. The first-order chi connectivity index (χ1) is 7.60. The summed E-state index contributed by atoms with van der Waals surface area (Å²) in [6.07, 6.45) is 0.878. The SMILES string of the molecule is COc1cc(Br)cc2c(C)c(C=O)n(C)c12. The van der Waals surface area contributed by atoms with Crippen molar-refractivity contribution < 1.29 is 9.53 Å². The molecule has 1 aromatic heterocycles. The lowest BCUT2D eigenvalue weighted by Gasteiger charge is -2.05. The number of fused-ring (bicyclic) bond motifs is 1. The van der Waals surface area contributed by atoms with Crippen LogP contribution in [-0.4, -0.2) is 18.0 Å². The highest BCUT2D eigenvalue weighted by atomic mass is 79.9. The Balaban J connectivity index is 2.97. The zero-order valence-corrected chi connectivity index (χ0v) is 11.0. The summed E-state index contributed by atoms with van der Waals surface area (Å²) in [5.41, 5.74) is 2.61. The number of nitrogens with zero attached hydrogens (tertiary/aromatic N) is 1. The molecular formula is C12H12BrNO2. The van der Waals surface area contributed by atoms with E-state index < -0.39 is 0 Å². The van der Waals surface area contributed by atoms with Crippen molar-refractivity contribution >= 4 is 33.1 Å². The molecule has 4 heteroatoms. The van der Waals surface area contributed by atoms with Gasteiger partial charge in [0.15, 0.2) is 6.29 Å². The average Bonchev–Trinajstić information content (AvgIpc) is 2.50. The lowest BCUT2D eigenvalue weighted by molar-refractivity contribution is 0.111. The third kappa shape index (κ3) is 1.45. The van der Waals surface area contributed by atoms with Crippen molar-refractivity contribution in [2.24, 2.45) is 7.05 Å². The summed E-state index contributed by atoms with van der Waals surface area (Å²) in [5, 5.41) is 1.04. The van der Waals surface area contributed by atoms with Crippen LogP contribution >= 0.6 is 15.9 Å². The van der Waals surface area contributed by atoms with E-state index in [1.54, 1.807) is 7.11 Å². The fourth-order valence-electron chi connectivity index (χ4n) is 2.04. The lowest BCUT2D eigenvalue weighted by Crippen LogP contribution is -1.96. The van der Waals surface area contributed by atoms with Gasteiger partial charge in [-0.05, 0) is 24.6 Å². The second kappa shape index (κ2) is 3.94. The molecule has 1 aromatic carbocycles. The van der Waals surface area contributed by atoms with Crippen LogP contribution in [0.5, 0.6) is 5.75 Å². The molecule has 0 amide bonds. The standard InChI is InChI=1S/C12H12BrNO2/c1-7-9-4-8(13)5-11(16-3)12(9)14(2)10(7)6-15/h4-6H,1-3H3. The molecule has 0 aliphatic carbocycles. The monoisotopic (exact) mass is 281 g/mol. The van der Waals surface area contributed by atoms with Gasteiger partial charge >= 0.3 is 0 Å². The molecule has 0 unspecified atom stereocenters. The number of aryl methyl sites for hydroxylation is 2. The lowest BCUT2D eigenvalue weighted by atomic mass is 10.1. The van der Waals surface area contributed by atoms with Crippen LogP contribution in [0.25, 0.3) is 10.9 Å². The fourth-order valence-corrected chi connectivity index (χ4v) is 2.48. The van der Waals surface area contributed by atoms with Crippen molar-refractivity contribution in [3.8, 4) is 5.75 Å². The van der Waals surface area contributed by atoms with E-state index in [-0.39, 0.29) is 0 Å². The van der Waals surface area contributed by atoms with Crippen molar-refractivity contribution in [2.45, 2.75) is 6.92 Å². The van der Waals surface area contributed by atoms with Crippen molar-refractivity contribution in [3.05, 3.63) is 27.9 Å². The van der Waals surface area contributed by atoms with Crippen molar-refractivity contribution in [3.63, 3.8) is 0 Å². The van der Waals surface area contributed by atoms with E-state index >= 15 is 0 Å². The molecule has 0 N–H and O–H groups in total. The Hall–Kier alpha value is -1.29. The number of benzene rings is 1. The average molecular weight is 282 g/mol. The van der Waals surface area contributed by atoms with Gasteiger partial charge in [-0.15, -0.1) is 0 Å². The maximum absolute atomic E-state index is 11.0. The van der Waals surface area contributed by atoms with Crippen LogP contribution in [0.1, 0.15) is 16.1 Å². The molecule has 0 spiro atoms. The first kappa shape index (κ1) is 11.2. The normalized spacial score (nSPS) is 10.8. The van der Waals surface area contributed by atoms with E-state index in [0.717, 1.165) is 33.0 Å². The number of aromatic nitrogens is 1. The van der Waals surface area contributed by atoms with Gasteiger partial charge in [-0.25, -0.2) is 0 Å². The number of rotatable bonds is 2. The van der Waals surface area contributed by atoms with Gasteiger partial charge < -0.3 is 9.30 Å². The Morgan fingerprint density at radius 1 is 1.44 bits per heavy atom. The zero-order valence-electron chi connectivity index (χ0n) is 9.37. The summed E-state index contributed by atoms with van der Waals surface area (Å²) >= 11 is 3.44. The predicted octanol–water partition coefficient (Wildman–Crippen LogP) is 3.07. The summed E-state index contributed by atoms with van der Waals surface area (Å²) in [6.45, 7) is 1.94. The van der Waals surface area contributed by atoms with Crippen LogP contribution in [0, 0.1) is 6.92 Å². The van der Waals surface area contributed by atoms with Crippen LogP contribution < -0.4 is 4.74 Å². The Labute approximate surface area is 102 Å². The van der Waals surface area contributed by atoms with Gasteiger partial charge in [0.25, 0.3) is 0 Å². The molecule has 84 valence electrons. The molecular weight excluding hydrogens is 270 g/mol. The highest BCUT2D eigenvalue weighted by molar-refractivity contribution is 9.10. The molecule has 2 aromatic rings. The van der Waals surface area contributed by atoms with Crippen LogP contribution in [0.3, 0.4) is 0 Å². The van der Waals surface area contributed by atoms with Gasteiger partial charge in [0.2, 0.25) is 0 Å². The predicted molar refractivity (Wildman–Crippen MR) is 67.3 cm³/mol. The van der Waals surface area contributed by atoms with Crippen LogP contribution in [0.4, 0.5) is 0 Å². The fraction of sp³-hybridized carbons (Fsp3) is 0.250. The first-order valence-corrected chi connectivity index (χ1v) is 5.67. The second-order valence-corrected chi connectivity index (χ2v) is 4.61. The van der Waals surface area contributed by atoms with E-state index in [9.17, 15) is 4.79 Å². The third-order valence-electron chi connectivity index (χ3n) is 2.86. The number of hydrogen-bond acceptors (Lipinski definition) is 2. The highest BCUT2D eigenvalue weighted by Crippen LogP contribution is 2.34. The number of methoxy groups -OCH3 is 1. The van der Waals surface area contributed by atoms with Gasteiger partial charge in [-0.3, -0.25) is 4.79 Å². The number of ether oxygens (including phenoxy) is 1. The number of carbonyl (C=O) groups excluding carboxylic acids is 1. The summed E-state index contributed by atoms with van der Waals surface area (Å²) in [6, 6.07) is 3.90. The molecule has 0 saturated heterocycles. The molecule has 0 aliphatic heterocycles. The maximum atomic E-state index is 11.0. The minimum Gasteiger partial charge on any atom is -0.495 e. The largest absolute Gasteiger partial charge is 0.495 e. The third-order valence-corrected chi connectivity index (χ3v) is 3.31. The van der Waals surface area contributed by atoms with Crippen LogP contribution in [-0.2, 0) is 7.05 Å². The summed E-state index contributed by atoms with van der Waals surface area (Å²) in [5.74, 6) is 0.767. The molecule has 1 heterocycles. The minimum atomic E-state index is 0.686. The zero-order chi connectivity index (χ0) is 11.9. The van der Waals surface area contributed by atoms with E-state index in [1.807, 2.05) is 30.7 Å². The van der Waals surface area contributed by atoms with Gasteiger partial charge in [0, 0.05) is 16.9 Å². The molecule has 0 radical (unpaired) electrons. The molecule has 0 fully saturated rings. The molecule has 0 atom stereocenters. The highest BCUT2D eigenvalue weighted by Gasteiger charge is 2.15. The second-order valence-electron chi connectivity index (χ2n) is 3.69. The Morgan fingerprint density at radius 3 is 2.69 bits per heavy atom. The van der Waals surface area contributed by atoms with E-state index in [1.165, 1.54) is 0 Å².